The van der Waals surface area contributed by atoms with Crippen molar-refractivity contribution in [2.75, 3.05) is 11.1 Å². The normalized spacial score (nSPS) is 11.7. The highest BCUT2D eigenvalue weighted by molar-refractivity contribution is 7.99. The maximum atomic E-state index is 12.9. The zero-order valence-corrected chi connectivity index (χ0v) is 19.8. The van der Waals surface area contributed by atoms with Gasteiger partial charge in [0, 0.05) is 17.5 Å². The monoisotopic (exact) mass is 477 g/mol. The number of aromatic nitrogens is 3. The van der Waals surface area contributed by atoms with Crippen LogP contribution in [0.25, 0.3) is 5.69 Å². The van der Waals surface area contributed by atoms with Gasteiger partial charge in [-0.2, -0.15) is 0 Å². The fourth-order valence-corrected chi connectivity index (χ4v) is 5.02. The van der Waals surface area contributed by atoms with Crippen molar-refractivity contribution in [3.05, 3.63) is 88.4 Å². The van der Waals surface area contributed by atoms with E-state index in [0.29, 0.717) is 16.7 Å². The smallest absolute Gasteiger partial charge is 0.231 e. The van der Waals surface area contributed by atoms with Crippen LogP contribution in [0, 0.1) is 6.92 Å². The second-order valence-corrected chi connectivity index (χ2v) is 9.23. The van der Waals surface area contributed by atoms with Crippen molar-refractivity contribution in [2.45, 2.75) is 25.0 Å². The molecule has 2 aromatic carbocycles. The number of thioether (sulfide) groups is 1. The van der Waals surface area contributed by atoms with Crippen molar-refractivity contribution in [3.63, 3.8) is 0 Å². The lowest BCUT2D eigenvalue weighted by molar-refractivity contribution is -0.119. The van der Waals surface area contributed by atoms with Crippen LogP contribution < -0.4 is 10.6 Å². The number of anilines is 1. The maximum Gasteiger partial charge on any atom is 0.231 e. The lowest BCUT2D eigenvalue weighted by Gasteiger charge is -2.18. The molecule has 2 amide bonds. The van der Waals surface area contributed by atoms with E-state index in [0.717, 1.165) is 16.1 Å². The summed E-state index contributed by atoms with van der Waals surface area (Å²) in [6.45, 7) is 3.32. The maximum absolute atomic E-state index is 12.9. The van der Waals surface area contributed by atoms with Crippen molar-refractivity contribution in [3.8, 4) is 5.69 Å². The molecule has 33 heavy (non-hydrogen) atoms. The third-order valence-corrected chi connectivity index (χ3v) is 6.68. The number of carbonyl (C=O) groups excluding carboxylic acids is 2. The summed E-state index contributed by atoms with van der Waals surface area (Å²) in [4.78, 5) is 25.4. The summed E-state index contributed by atoms with van der Waals surface area (Å²) >= 11 is 2.93. The van der Waals surface area contributed by atoms with E-state index in [-0.39, 0.29) is 23.6 Å². The second-order valence-electron chi connectivity index (χ2n) is 7.31. The third kappa shape index (κ3) is 5.68. The molecule has 0 fully saturated rings. The number of hydrogen-bond donors (Lipinski definition) is 2. The summed E-state index contributed by atoms with van der Waals surface area (Å²) in [6, 6.07) is 21.2. The Kier molecular flexibility index (Phi) is 7.21. The summed E-state index contributed by atoms with van der Waals surface area (Å²) in [5, 5.41) is 17.0. The Morgan fingerprint density at radius 2 is 1.88 bits per heavy atom. The number of carbonyl (C=O) groups is 2. The van der Waals surface area contributed by atoms with Crippen LogP contribution >= 0.6 is 23.1 Å². The van der Waals surface area contributed by atoms with E-state index in [1.807, 2.05) is 83.6 Å². The Balaban J connectivity index is 1.49. The molecule has 0 saturated carbocycles. The number of thiophene rings is 1. The number of nitrogens with zero attached hydrogens (tertiary/aromatic N) is 3. The fourth-order valence-electron chi connectivity index (χ4n) is 3.41. The number of benzene rings is 2. The Morgan fingerprint density at radius 3 is 2.61 bits per heavy atom. The van der Waals surface area contributed by atoms with Crippen LogP contribution in [0.15, 0.2) is 77.3 Å². The molecule has 1 atom stereocenters. The Labute approximate surface area is 200 Å². The lowest BCUT2D eigenvalue weighted by Crippen LogP contribution is -2.30. The number of aryl methyl sites for hydroxylation is 1. The summed E-state index contributed by atoms with van der Waals surface area (Å²) in [6.07, 6.45) is 0. The average Bonchev–Trinajstić information content (AvgIpc) is 3.46. The zero-order chi connectivity index (χ0) is 23.2. The van der Waals surface area contributed by atoms with Crippen LogP contribution in [-0.4, -0.2) is 32.3 Å². The SMILES string of the molecule is CC(=O)Nc1cccc(-n2c(C)nnc2SCC(=O)NC(c2ccccc2)c2cccs2)c1. The van der Waals surface area contributed by atoms with Gasteiger partial charge in [0.15, 0.2) is 5.16 Å². The molecule has 4 rings (SSSR count). The van der Waals surface area contributed by atoms with Gasteiger partial charge in [-0.3, -0.25) is 14.2 Å². The lowest BCUT2D eigenvalue weighted by atomic mass is 10.1. The topological polar surface area (TPSA) is 88.9 Å². The summed E-state index contributed by atoms with van der Waals surface area (Å²) in [5.74, 6) is 0.649. The average molecular weight is 478 g/mol. The van der Waals surface area contributed by atoms with Gasteiger partial charge in [0.1, 0.15) is 5.82 Å². The molecule has 0 aliphatic heterocycles. The molecule has 0 bridgehead atoms. The van der Waals surface area contributed by atoms with Gasteiger partial charge in [-0.15, -0.1) is 21.5 Å². The molecule has 7 nitrogen and oxygen atoms in total. The number of hydrogen-bond acceptors (Lipinski definition) is 6. The minimum atomic E-state index is -0.201. The van der Waals surface area contributed by atoms with Crippen LogP contribution in [0.4, 0.5) is 5.69 Å². The molecule has 9 heteroatoms. The zero-order valence-electron chi connectivity index (χ0n) is 18.2. The molecule has 2 aromatic heterocycles. The standard InChI is InChI=1S/C24H23N5O2S2/c1-16-27-28-24(29(16)20-11-6-10-19(14-20)25-17(2)30)33-15-22(31)26-23(21-12-7-13-32-21)18-8-4-3-5-9-18/h3-14,23H,15H2,1-2H3,(H,25,30)(H,26,31). The van der Waals surface area contributed by atoms with Crippen molar-refractivity contribution < 1.29 is 9.59 Å². The second kappa shape index (κ2) is 10.5. The van der Waals surface area contributed by atoms with E-state index in [1.165, 1.54) is 18.7 Å². The number of amides is 2. The van der Waals surface area contributed by atoms with Gasteiger partial charge in [0.05, 0.1) is 17.5 Å². The van der Waals surface area contributed by atoms with E-state index in [2.05, 4.69) is 20.8 Å². The molecule has 0 aliphatic carbocycles. The van der Waals surface area contributed by atoms with E-state index in [1.54, 1.807) is 11.3 Å². The van der Waals surface area contributed by atoms with Crippen LogP contribution in [0.1, 0.15) is 29.2 Å². The van der Waals surface area contributed by atoms with Crippen LogP contribution in [-0.2, 0) is 9.59 Å². The first-order valence-electron chi connectivity index (χ1n) is 10.3. The molecular formula is C24H23N5O2S2. The molecule has 0 aliphatic rings. The highest BCUT2D eigenvalue weighted by Crippen LogP contribution is 2.27. The molecule has 2 N–H and O–H groups in total. The highest BCUT2D eigenvalue weighted by atomic mass is 32.2. The Bertz CT molecular complexity index is 1240. The molecule has 0 radical (unpaired) electrons. The van der Waals surface area contributed by atoms with Gasteiger partial charge >= 0.3 is 0 Å². The van der Waals surface area contributed by atoms with Gasteiger partial charge < -0.3 is 10.6 Å². The summed E-state index contributed by atoms with van der Waals surface area (Å²) < 4.78 is 1.87. The van der Waals surface area contributed by atoms with Crippen LogP contribution in [0.5, 0.6) is 0 Å². The van der Waals surface area contributed by atoms with Gasteiger partial charge in [0.2, 0.25) is 11.8 Å². The first-order chi connectivity index (χ1) is 16.0. The van der Waals surface area contributed by atoms with Crippen LogP contribution in [0.2, 0.25) is 0 Å². The minimum absolute atomic E-state index is 0.0959. The van der Waals surface area contributed by atoms with Gasteiger partial charge in [0.25, 0.3) is 0 Å². The van der Waals surface area contributed by atoms with Crippen molar-refractivity contribution >= 4 is 40.6 Å². The largest absolute Gasteiger partial charge is 0.344 e. The van der Waals surface area contributed by atoms with E-state index in [4.69, 9.17) is 0 Å². The van der Waals surface area contributed by atoms with Gasteiger partial charge in [-0.25, -0.2) is 0 Å². The predicted molar refractivity (Wildman–Crippen MR) is 132 cm³/mol. The molecule has 1 unspecified atom stereocenters. The van der Waals surface area contributed by atoms with Crippen LogP contribution in [0.3, 0.4) is 0 Å². The summed E-state index contributed by atoms with van der Waals surface area (Å²) in [7, 11) is 0. The van der Waals surface area contributed by atoms with E-state index >= 15 is 0 Å². The fraction of sp³-hybridized carbons (Fsp3) is 0.167. The molecule has 168 valence electrons. The Hall–Kier alpha value is -3.43. The molecule has 4 aromatic rings. The number of rotatable bonds is 8. The molecule has 2 heterocycles. The molecular weight excluding hydrogens is 454 g/mol. The van der Waals surface area contributed by atoms with Crippen molar-refractivity contribution in [1.29, 1.82) is 0 Å². The minimum Gasteiger partial charge on any atom is -0.344 e. The quantitative estimate of drug-likeness (QED) is 0.362. The van der Waals surface area contributed by atoms with Gasteiger partial charge in [-0.05, 0) is 42.1 Å². The predicted octanol–water partition coefficient (Wildman–Crippen LogP) is 4.59. The van der Waals surface area contributed by atoms with E-state index in [9.17, 15) is 9.59 Å². The first-order valence-corrected chi connectivity index (χ1v) is 12.2. The Morgan fingerprint density at radius 1 is 1.06 bits per heavy atom. The highest BCUT2D eigenvalue weighted by Gasteiger charge is 2.19. The molecule has 0 spiro atoms. The first kappa shape index (κ1) is 22.8. The van der Waals surface area contributed by atoms with E-state index < -0.39 is 0 Å². The van der Waals surface area contributed by atoms with Crippen molar-refractivity contribution in [1.82, 2.24) is 20.1 Å². The third-order valence-electron chi connectivity index (χ3n) is 4.82. The van der Waals surface area contributed by atoms with Gasteiger partial charge in [-0.1, -0.05) is 54.2 Å². The van der Waals surface area contributed by atoms with Crippen molar-refractivity contribution in [2.24, 2.45) is 0 Å². The number of nitrogens with one attached hydrogen (secondary N) is 2. The molecule has 0 saturated heterocycles. The summed E-state index contributed by atoms with van der Waals surface area (Å²) in [5.41, 5.74) is 2.53.